The molecular formula is C18H19NO. The molecule has 0 atom stereocenters. The summed E-state index contributed by atoms with van der Waals surface area (Å²) in [6, 6.07) is 18.3. The SMILES string of the molecule is O=C(Nc1ccc(-c2ccccc2)cc1)C1CCCC1. The van der Waals surface area contributed by atoms with Crippen LogP contribution in [0.15, 0.2) is 54.6 Å². The van der Waals surface area contributed by atoms with Gasteiger partial charge in [0, 0.05) is 11.6 Å². The van der Waals surface area contributed by atoms with Gasteiger partial charge in [0.1, 0.15) is 0 Å². The van der Waals surface area contributed by atoms with Crippen LogP contribution in [-0.2, 0) is 4.79 Å². The first-order valence-corrected chi connectivity index (χ1v) is 7.29. The van der Waals surface area contributed by atoms with E-state index in [4.69, 9.17) is 0 Å². The summed E-state index contributed by atoms with van der Waals surface area (Å²) in [6.07, 6.45) is 4.44. The quantitative estimate of drug-likeness (QED) is 0.870. The Kier molecular flexibility index (Phi) is 3.82. The van der Waals surface area contributed by atoms with Crippen LogP contribution in [-0.4, -0.2) is 5.91 Å². The Hall–Kier alpha value is -2.09. The second-order valence-electron chi connectivity index (χ2n) is 5.41. The Balaban J connectivity index is 1.68. The summed E-state index contributed by atoms with van der Waals surface area (Å²) < 4.78 is 0. The maximum Gasteiger partial charge on any atom is 0.227 e. The first-order valence-electron chi connectivity index (χ1n) is 7.29. The predicted molar refractivity (Wildman–Crippen MR) is 82.5 cm³/mol. The van der Waals surface area contributed by atoms with Crippen molar-refractivity contribution < 1.29 is 4.79 Å². The molecule has 1 fully saturated rings. The lowest BCUT2D eigenvalue weighted by molar-refractivity contribution is -0.119. The molecule has 1 saturated carbocycles. The molecule has 0 bridgehead atoms. The van der Waals surface area contributed by atoms with Gasteiger partial charge in [-0.1, -0.05) is 55.3 Å². The zero-order valence-electron chi connectivity index (χ0n) is 11.5. The average molecular weight is 265 g/mol. The molecule has 2 nitrogen and oxygen atoms in total. The van der Waals surface area contributed by atoms with Crippen molar-refractivity contribution in [2.45, 2.75) is 25.7 Å². The predicted octanol–water partition coefficient (Wildman–Crippen LogP) is 4.48. The minimum absolute atomic E-state index is 0.176. The zero-order valence-corrected chi connectivity index (χ0v) is 11.5. The molecule has 20 heavy (non-hydrogen) atoms. The molecule has 0 spiro atoms. The number of anilines is 1. The number of hydrogen-bond acceptors (Lipinski definition) is 1. The van der Waals surface area contributed by atoms with Crippen LogP contribution in [0, 0.1) is 5.92 Å². The number of carbonyl (C=O) groups excluding carboxylic acids is 1. The Labute approximate surface area is 119 Å². The summed E-state index contributed by atoms with van der Waals surface area (Å²) in [5, 5.41) is 3.02. The molecule has 0 aliphatic heterocycles. The van der Waals surface area contributed by atoms with E-state index in [1.54, 1.807) is 0 Å². The molecule has 1 N–H and O–H groups in total. The Morgan fingerprint density at radius 2 is 1.45 bits per heavy atom. The molecule has 1 aliphatic rings. The fourth-order valence-electron chi connectivity index (χ4n) is 2.81. The third kappa shape index (κ3) is 2.90. The van der Waals surface area contributed by atoms with E-state index in [9.17, 15) is 4.79 Å². The van der Waals surface area contributed by atoms with Gasteiger partial charge in [-0.05, 0) is 36.1 Å². The van der Waals surface area contributed by atoms with Crippen LogP contribution in [0.5, 0.6) is 0 Å². The maximum atomic E-state index is 12.1. The zero-order chi connectivity index (χ0) is 13.8. The third-order valence-electron chi connectivity index (χ3n) is 3.99. The molecule has 2 aromatic rings. The number of carbonyl (C=O) groups is 1. The number of benzene rings is 2. The van der Waals surface area contributed by atoms with Crippen LogP contribution >= 0.6 is 0 Å². The number of hydrogen-bond donors (Lipinski definition) is 1. The second-order valence-corrected chi connectivity index (χ2v) is 5.41. The summed E-state index contributed by atoms with van der Waals surface area (Å²) in [6.45, 7) is 0. The molecule has 0 saturated heterocycles. The number of rotatable bonds is 3. The average Bonchev–Trinajstić information content (AvgIpc) is 3.03. The minimum atomic E-state index is 0.176. The fourth-order valence-corrected chi connectivity index (χ4v) is 2.81. The van der Waals surface area contributed by atoms with Gasteiger partial charge in [-0.3, -0.25) is 4.79 Å². The molecule has 3 rings (SSSR count). The van der Waals surface area contributed by atoms with Gasteiger partial charge in [-0.2, -0.15) is 0 Å². The standard InChI is InChI=1S/C18H19NO/c20-18(16-8-4-5-9-16)19-17-12-10-15(11-13-17)14-6-2-1-3-7-14/h1-3,6-7,10-13,16H,4-5,8-9H2,(H,19,20). The van der Waals surface area contributed by atoms with Crippen molar-refractivity contribution in [2.24, 2.45) is 5.92 Å². The lowest BCUT2D eigenvalue weighted by Crippen LogP contribution is -2.20. The molecular weight excluding hydrogens is 246 g/mol. The molecule has 0 unspecified atom stereocenters. The third-order valence-corrected chi connectivity index (χ3v) is 3.99. The highest BCUT2D eigenvalue weighted by atomic mass is 16.1. The Bertz CT molecular complexity index is 568. The van der Waals surface area contributed by atoms with Crippen LogP contribution in [0.25, 0.3) is 11.1 Å². The molecule has 1 amide bonds. The summed E-state index contributed by atoms with van der Waals surface area (Å²) in [5.74, 6) is 0.388. The van der Waals surface area contributed by atoms with E-state index in [1.807, 2.05) is 30.3 Å². The minimum Gasteiger partial charge on any atom is -0.326 e. The summed E-state index contributed by atoms with van der Waals surface area (Å²) >= 11 is 0. The van der Waals surface area contributed by atoms with Gasteiger partial charge in [0.15, 0.2) is 0 Å². The number of amides is 1. The lowest BCUT2D eigenvalue weighted by atomic mass is 10.0. The molecule has 0 heterocycles. The van der Waals surface area contributed by atoms with Gasteiger partial charge in [0.25, 0.3) is 0 Å². The smallest absolute Gasteiger partial charge is 0.227 e. The lowest BCUT2D eigenvalue weighted by Gasteiger charge is -2.11. The highest BCUT2D eigenvalue weighted by molar-refractivity contribution is 5.92. The first-order chi connectivity index (χ1) is 9.83. The van der Waals surface area contributed by atoms with E-state index < -0.39 is 0 Å². The number of nitrogens with one attached hydrogen (secondary N) is 1. The van der Waals surface area contributed by atoms with Crippen molar-refractivity contribution in [3.63, 3.8) is 0 Å². The van der Waals surface area contributed by atoms with E-state index in [1.165, 1.54) is 24.0 Å². The topological polar surface area (TPSA) is 29.1 Å². The van der Waals surface area contributed by atoms with Gasteiger partial charge in [-0.15, -0.1) is 0 Å². The summed E-state index contributed by atoms with van der Waals surface area (Å²) in [5.41, 5.74) is 3.26. The summed E-state index contributed by atoms with van der Waals surface area (Å²) in [4.78, 5) is 12.1. The van der Waals surface area contributed by atoms with E-state index in [2.05, 4.69) is 29.6 Å². The van der Waals surface area contributed by atoms with Gasteiger partial charge < -0.3 is 5.32 Å². The highest BCUT2D eigenvalue weighted by Crippen LogP contribution is 2.26. The fraction of sp³-hybridized carbons (Fsp3) is 0.278. The van der Waals surface area contributed by atoms with Crippen LogP contribution in [0.3, 0.4) is 0 Å². The van der Waals surface area contributed by atoms with Crippen LogP contribution in [0.4, 0.5) is 5.69 Å². The second kappa shape index (κ2) is 5.91. The van der Waals surface area contributed by atoms with Crippen molar-refractivity contribution in [1.29, 1.82) is 0 Å². The van der Waals surface area contributed by atoms with Crippen LogP contribution in [0.2, 0.25) is 0 Å². The van der Waals surface area contributed by atoms with Crippen molar-refractivity contribution in [2.75, 3.05) is 5.32 Å². The van der Waals surface area contributed by atoms with E-state index in [0.29, 0.717) is 0 Å². The van der Waals surface area contributed by atoms with Gasteiger partial charge in [0.2, 0.25) is 5.91 Å². The molecule has 2 aromatic carbocycles. The Morgan fingerprint density at radius 1 is 0.850 bits per heavy atom. The van der Waals surface area contributed by atoms with Crippen LogP contribution < -0.4 is 5.32 Å². The molecule has 0 radical (unpaired) electrons. The first kappa shape index (κ1) is 12.9. The van der Waals surface area contributed by atoms with E-state index >= 15 is 0 Å². The van der Waals surface area contributed by atoms with E-state index in [0.717, 1.165) is 18.5 Å². The highest BCUT2D eigenvalue weighted by Gasteiger charge is 2.22. The van der Waals surface area contributed by atoms with Crippen molar-refractivity contribution in [3.05, 3.63) is 54.6 Å². The van der Waals surface area contributed by atoms with Gasteiger partial charge in [-0.25, -0.2) is 0 Å². The molecule has 2 heteroatoms. The largest absolute Gasteiger partial charge is 0.326 e. The van der Waals surface area contributed by atoms with Gasteiger partial charge in [0.05, 0.1) is 0 Å². The van der Waals surface area contributed by atoms with Crippen molar-refractivity contribution >= 4 is 11.6 Å². The van der Waals surface area contributed by atoms with Crippen molar-refractivity contribution in [3.8, 4) is 11.1 Å². The normalized spacial score (nSPS) is 15.2. The monoisotopic (exact) mass is 265 g/mol. The molecule has 1 aliphatic carbocycles. The van der Waals surface area contributed by atoms with E-state index in [-0.39, 0.29) is 11.8 Å². The van der Waals surface area contributed by atoms with Crippen LogP contribution in [0.1, 0.15) is 25.7 Å². The summed E-state index contributed by atoms with van der Waals surface area (Å²) in [7, 11) is 0. The maximum absolute atomic E-state index is 12.1. The van der Waals surface area contributed by atoms with Crippen molar-refractivity contribution in [1.82, 2.24) is 0 Å². The van der Waals surface area contributed by atoms with Gasteiger partial charge >= 0.3 is 0 Å². The molecule has 102 valence electrons. The Morgan fingerprint density at radius 3 is 2.10 bits per heavy atom. The molecule has 0 aromatic heterocycles.